The largest absolute Gasteiger partial charge is 0.348 e. The summed E-state index contributed by atoms with van der Waals surface area (Å²) in [4.78, 5) is 32.7. The zero-order valence-electron chi connectivity index (χ0n) is 17.9. The number of carbonyl (C=O) groups is 1. The molecule has 158 valence electrons. The molecule has 0 fully saturated rings. The number of benzene rings is 3. The van der Waals surface area contributed by atoms with Crippen molar-refractivity contribution in [2.75, 3.05) is 14.1 Å². The van der Waals surface area contributed by atoms with E-state index in [1.807, 2.05) is 73.7 Å². The minimum absolute atomic E-state index is 0.00404. The zero-order valence-corrected chi connectivity index (χ0v) is 18.7. The van der Waals surface area contributed by atoms with Gasteiger partial charge in [-0.2, -0.15) is 0 Å². The first-order valence-electron chi connectivity index (χ1n) is 10.3. The lowest BCUT2D eigenvalue weighted by Crippen LogP contribution is -2.34. The molecule has 0 aliphatic carbocycles. The Bertz CT molecular complexity index is 1300. The van der Waals surface area contributed by atoms with Crippen LogP contribution in [0.1, 0.15) is 12.5 Å². The summed E-state index contributed by atoms with van der Waals surface area (Å²) in [5.41, 5.74) is 1.66. The highest BCUT2D eigenvalue weighted by Crippen LogP contribution is 2.28. The lowest BCUT2D eigenvalue weighted by molar-refractivity contribution is -0.128. The Kier molecular flexibility index (Phi) is 6.09. The molecule has 1 amide bonds. The van der Waals surface area contributed by atoms with Crippen LogP contribution >= 0.6 is 11.8 Å². The van der Waals surface area contributed by atoms with Crippen molar-refractivity contribution in [3.63, 3.8) is 0 Å². The quantitative estimate of drug-likeness (QED) is 0.259. The van der Waals surface area contributed by atoms with Gasteiger partial charge in [-0.05, 0) is 41.8 Å². The van der Waals surface area contributed by atoms with Crippen LogP contribution in [-0.2, 0) is 17.8 Å². The van der Waals surface area contributed by atoms with Crippen molar-refractivity contribution in [1.82, 2.24) is 14.5 Å². The Hall–Kier alpha value is -3.12. The Morgan fingerprint density at radius 1 is 1.03 bits per heavy atom. The molecule has 5 nitrogen and oxygen atoms in total. The van der Waals surface area contributed by atoms with Gasteiger partial charge >= 0.3 is 0 Å². The molecule has 0 saturated heterocycles. The second-order valence-electron chi connectivity index (χ2n) is 7.69. The molecule has 0 radical (unpaired) electrons. The van der Waals surface area contributed by atoms with Crippen molar-refractivity contribution < 1.29 is 4.79 Å². The SMILES string of the molecule is CCn1c(SC(Cc2ccccc2)C(=O)N(C)C)nc2cc3ccccc3cc2c1=O. The van der Waals surface area contributed by atoms with E-state index in [0.29, 0.717) is 29.0 Å². The van der Waals surface area contributed by atoms with Gasteiger partial charge in [0, 0.05) is 20.6 Å². The monoisotopic (exact) mass is 431 g/mol. The maximum atomic E-state index is 13.3. The molecule has 4 rings (SSSR count). The molecule has 0 bridgehead atoms. The van der Waals surface area contributed by atoms with Gasteiger partial charge in [0.2, 0.25) is 5.91 Å². The van der Waals surface area contributed by atoms with Crippen LogP contribution < -0.4 is 5.56 Å². The van der Waals surface area contributed by atoms with Crippen LogP contribution in [0.2, 0.25) is 0 Å². The lowest BCUT2D eigenvalue weighted by Gasteiger charge is -2.21. The molecule has 1 heterocycles. The fourth-order valence-electron chi connectivity index (χ4n) is 3.68. The van der Waals surface area contributed by atoms with E-state index < -0.39 is 0 Å². The highest BCUT2D eigenvalue weighted by Gasteiger charge is 2.25. The molecular formula is C25H25N3O2S. The topological polar surface area (TPSA) is 55.2 Å². The van der Waals surface area contributed by atoms with Gasteiger partial charge < -0.3 is 4.90 Å². The molecule has 0 N–H and O–H groups in total. The second-order valence-corrected chi connectivity index (χ2v) is 8.86. The van der Waals surface area contributed by atoms with Gasteiger partial charge in [0.1, 0.15) is 0 Å². The Morgan fingerprint density at radius 2 is 1.68 bits per heavy atom. The summed E-state index contributed by atoms with van der Waals surface area (Å²) in [6.45, 7) is 2.42. The molecule has 1 unspecified atom stereocenters. The molecule has 0 saturated carbocycles. The number of aromatic nitrogens is 2. The van der Waals surface area contributed by atoms with E-state index in [1.54, 1.807) is 23.6 Å². The predicted octanol–water partition coefficient (Wildman–Crippen LogP) is 4.36. The van der Waals surface area contributed by atoms with Gasteiger partial charge in [-0.25, -0.2) is 4.98 Å². The molecular weight excluding hydrogens is 406 g/mol. The van der Waals surface area contributed by atoms with Gasteiger partial charge in [0.05, 0.1) is 16.2 Å². The van der Waals surface area contributed by atoms with Gasteiger partial charge in [-0.1, -0.05) is 66.4 Å². The first-order chi connectivity index (χ1) is 15.0. The molecule has 31 heavy (non-hydrogen) atoms. The van der Waals surface area contributed by atoms with Gasteiger partial charge in [-0.15, -0.1) is 0 Å². The fraction of sp³-hybridized carbons (Fsp3) is 0.240. The molecule has 0 aliphatic heterocycles. The number of amides is 1. The smallest absolute Gasteiger partial charge is 0.262 e. The maximum Gasteiger partial charge on any atom is 0.262 e. The van der Waals surface area contributed by atoms with Gasteiger partial charge in [0.25, 0.3) is 5.56 Å². The molecule has 4 aromatic rings. The third kappa shape index (κ3) is 4.35. The summed E-state index contributed by atoms with van der Waals surface area (Å²) < 4.78 is 1.67. The summed E-state index contributed by atoms with van der Waals surface area (Å²) in [6.07, 6.45) is 0.567. The number of rotatable bonds is 6. The van der Waals surface area contributed by atoms with Crippen LogP contribution in [0.5, 0.6) is 0 Å². The van der Waals surface area contributed by atoms with Crippen molar-refractivity contribution in [3.8, 4) is 0 Å². The van der Waals surface area contributed by atoms with Crippen LogP contribution in [0.15, 0.2) is 76.7 Å². The first kappa shape index (κ1) is 21.1. The van der Waals surface area contributed by atoms with E-state index >= 15 is 0 Å². The Balaban J connectivity index is 1.81. The summed E-state index contributed by atoms with van der Waals surface area (Å²) in [5, 5.41) is 2.86. The third-order valence-electron chi connectivity index (χ3n) is 5.33. The molecule has 0 spiro atoms. The highest BCUT2D eigenvalue weighted by atomic mass is 32.2. The number of hydrogen-bond acceptors (Lipinski definition) is 4. The van der Waals surface area contributed by atoms with Gasteiger partial charge in [0.15, 0.2) is 5.16 Å². The summed E-state index contributed by atoms with van der Waals surface area (Å²) >= 11 is 1.37. The summed E-state index contributed by atoms with van der Waals surface area (Å²) in [6, 6.07) is 21.8. The Morgan fingerprint density at radius 3 is 2.32 bits per heavy atom. The van der Waals surface area contributed by atoms with E-state index in [4.69, 9.17) is 4.98 Å². The van der Waals surface area contributed by atoms with E-state index in [-0.39, 0.29) is 16.7 Å². The molecule has 1 aromatic heterocycles. The minimum atomic E-state index is -0.375. The fourth-order valence-corrected chi connectivity index (χ4v) is 5.01. The van der Waals surface area contributed by atoms with Crippen LogP contribution in [-0.4, -0.2) is 39.7 Å². The number of hydrogen-bond donors (Lipinski definition) is 0. The van der Waals surface area contributed by atoms with E-state index in [1.165, 1.54) is 11.8 Å². The molecule has 1 atom stereocenters. The highest BCUT2D eigenvalue weighted by molar-refractivity contribution is 8.00. The van der Waals surface area contributed by atoms with Crippen molar-refractivity contribution in [2.24, 2.45) is 0 Å². The van der Waals surface area contributed by atoms with E-state index in [9.17, 15) is 9.59 Å². The second kappa shape index (κ2) is 8.94. The van der Waals surface area contributed by atoms with Crippen LogP contribution in [0.3, 0.4) is 0 Å². The van der Waals surface area contributed by atoms with E-state index in [0.717, 1.165) is 16.3 Å². The number of thioether (sulfide) groups is 1. The average Bonchev–Trinajstić information content (AvgIpc) is 2.78. The maximum absolute atomic E-state index is 13.3. The van der Waals surface area contributed by atoms with Crippen molar-refractivity contribution in [3.05, 3.63) is 82.6 Å². The standard InChI is InChI=1S/C25H25N3O2S/c1-4-28-23(29)20-15-18-12-8-9-13-19(18)16-21(20)26-25(28)31-22(24(30)27(2)3)14-17-10-6-5-7-11-17/h5-13,15-16,22H,4,14H2,1-3H3. The van der Waals surface area contributed by atoms with Crippen LogP contribution in [0.25, 0.3) is 21.7 Å². The van der Waals surface area contributed by atoms with E-state index in [2.05, 4.69) is 0 Å². The Labute approximate surface area is 185 Å². The zero-order chi connectivity index (χ0) is 22.0. The third-order valence-corrected chi connectivity index (χ3v) is 6.51. The number of fused-ring (bicyclic) bond motifs is 2. The van der Waals surface area contributed by atoms with Crippen molar-refractivity contribution in [1.29, 1.82) is 0 Å². The van der Waals surface area contributed by atoms with Crippen LogP contribution in [0.4, 0.5) is 0 Å². The average molecular weight is 432 g/mol. The molecule has 0 aliphatic rings. The summed E-state index contributed by atoms with van der Waals surface area (Å²) in [7, 11) is 3.52. The predicted molar refractivity (Wildman–Crippen MR) is 128 cm³/mol. The number of nitrogens with zero attached hydrogens (tertiary/aromatic N) is 3. The summed E-state index contributed by atoms with van der Waals surface area (Å²) in [5.74, 6) is 0.00404. The number of carbonyl (C=O) groups excluding carboxylic acids is 1. The molecule has 3 aromatic carbocycles. The van der Waals surface area contributed by atoms with Crippen molar-refractivity contribution >= 4 is 39.3 Å². The van der Waals surface area contributed by atoms with Gasteiger partial charge in [-0.3, -0.25) is 14.2 Å². The molecule has 6 heteroatoms. The lowest BCUT2D eigenvalue weighted by atomic mass is 10.1. The van der Waals surface area contributed by atoms with Crippen LogP contribution in [0, 0.1) is 0 Å². The van der Waals surface area contributed by atoms with Crippen molar-refractivity contribution in [2.45, 2.75) is 30.3 Å². The first-order valence-corrected chi connectivity index (χ1v) is 11.2. The normalized spacial score (nSPS) is 12.2. The minimum Gasteiger partial charge on any atom is -0.348 e.